The average Bonchev–Trinajstić information content (AvgIpc) is 4.16. The molecule has 5 heteroatoms. The number of furan rings is 1. The molecule has 13 aromatic rings. The number of fused-ring (bicyclic) bond motifs is 16. The molecule has 320 valence electrons. The molecule has 2 aliphatic rings. The van der Waals surface area contributed by atoms with Crippen molar-refractivity contribution in [3.63, 3.8) is 0 Å². The van der Waals surface area contributed by atoms with E-state index >= 15 is 0 Å². The van der Waals surface area contributed by atoms with Gasteiger partial charge in [-0.3, -0.25) is 0 Å². The van der Waals surface area contributed by atoms with E-state index in [1.807, 2.05) is 30.3 Å². The molecule has 4 nitrogen and oxygen atoms in total. The Morgan fingerprint density at radius 2 is 0.870 bits per heavy atom. The second kappa shape index (κ2) is 14.6. The molecule has 0 atom stereocenters. The number of nitrogens with zero attached hydrogens (tertiary/aromatic N) is 3. The van der Waals surface area contributed by atoms with Crippen molar-refractivity contribution in [2.75, 3.05) is 0 Å². The minimum atomic E-state index is -0.397. The molecule has 1 spiro atoms. The first-order chi connectivity index (χ1) is 34.2. The van der Waals surface area contributed by atoms with Gasteiger partial charge in [-0.15, -0.1) is 11.3 Å². The van der Waals surface area contributed by atoms with Crippen LogP contribution < -0.4 is 0 Å². The minimum Gasteiger partial charge on any atom is -0.456 e. The van der Waals surface area contributed by atoms with Crippen molar-refractivity contribution in [2.45, 2.75) is 5.41 Å². The molecule has 0 saturated heterocycles. The largest absolute Gasteiger partial charge is 0.456 e. The lowest BCUT2D eigenvalue weighted by atomic mass is 9.70. The average molecular weight is 896 g/mol. The maximum atomic E-state index is 6.62. The third-order valence-electron chi connectivity index (χ3n) is 14.6. The summed E-state index contributed by atoms with van der Waals surface area (Å²) < 4.78 is 9.12. The van der Waals surface area contributed by atoms with Gasteiger partial charge in [-0.05, 0) is 115 Å². The Labute approximate surface area is 401 Å². The third kappa shape index (κ3) is 5.53. The molecule has 0 saturated carbocycles. The normalized spacial score (nSPS) is 13.0. The molecule has 0 amide bonds. The van der Waals surface area contributed by atoms with Gasteiger partial charge in [0.2, 0.25) is 0 Å². The van der Waals surface area contributed by atoms with E-state index in [4.69, 9.17) is 19.4 Å². The van der Waals surface area contributed by atoms with Crippen molar-refractivity contribution >= 4 is 53.4 Å². The van der Waals surface area contributed by atoms with E-state index in [2.05, 4.69) is 194 Å². The van der Waals surface area contributed by atoms with E-state index in [1.54, 1.807) is 11.3 Å². The fourth-order valence-corrected chi connectivity index (χ4v) is 12.7. The van der Waals surface area contributed by atoms with E-state index in [0.29, 0.717) is 17.5 Å². The van der Waals surface area contributed by atoms with Crippen LogP contribution in [0.2, 0.25) is 0 Å². The number of aromatic nitrogens is 3. The van der Waals surface area contributed by atoms with Gasteiger partial charge >= 0.3 is 0 Å². The lowest BCUT2D eigenvalue weighted by Crippen LogP contribution is -2.25. The summed E-state index contributed by atoms with van der Waals surface area (Å²) in [6.07, 6.45) is 0. The number of hydrogen-bond donors (Lipinski definition) is 0. The molecule has 0 radical (unpaired) electrons. The van der Waals surface area contributed by atoms with Crippen LogP contribution in [0.15, 0.2) is 229 Å². The summed E-state index contributed by atoms with van der Waals surface area (Å²) >= 11 is 1.81. The zero-order valence-electron chi connectivity index (χ0n) is 37.0. The van der Waals surface area contributed by atoms with E-state index in [1.165, 1.54) is 75.8 Å². The Hall–Kier alpha value is -8.77. The first kappa shape index (κ1) is 38.3. The first-order valence-corrected chi connectivity index (χ1v) is 24.2. The highest BCUT2D eigenvalue weighted by molar-refractivity contribution is 7.25. The molecule has 2 aliphatic carbocycles. The van der Waals surface area contributed by atoms with Gasteiger partial charge in [0.25, 0.3) is 0 Å². The van der Waals surface area contributed by atoms with Crippen LogP contribution in [0.1, 0.15) is 22.3 Å². The van der Waals surface area contributed by atoms with Crippen LogP contribution in [0.25, 0.3) is 121 Å². The van der Waals surface area contributed by atoms with E-state index < -0.39 is 5.41 Å². The van der Waals surface area contributed by atoms with Crippen molar-refractivity contribution in [2.24, 2.45) is 0 Å². The van der Waals surface area contributed by atoms with Gasteiger partial charge in [0.1, 0.15) is 11.2 Å². The molecular weight excluding hydrogens is 859 g/mol. The van der Waals surface area contributed by atoms with Gasteiger partial charge < -0.3 is 4.42 Å². The fraction of sp³-hybridized carbons (Fsp3) is 0.0156. The van der Waals surface area contributed by atoms with Crippen molar-refractivity contribution in [3.8, 4) is 78.7 Å². The second-order valence-electron chi connectivity index (χ2n) is 18.2. The highest BCUT2D eigenvalue weighted by Crippen LogP contribution is 2.64. The molecule has 0 fully saturated rings. The van der Waals surface area contributed by atoms with Gasteiger partial charge in [0.05, 0.1) is 5.41 Å². The van der Waals surface area contributed by atoms with Crippen LogP contribution in [0.4, 0.5) is 0 Å². The molecular formula is C64H37N3OS. The molecule has 0 N–H and O–H groups in total. The molecule has 69 heavy (non-hydrogen) atoms. The predicted octanol–water partition coefficient (Wildman–Crippen LogP) is 16.8. The first-order valence-electron chi connectivity index (χ1n) is 23.4. The zero-order valence-corrected chi connectivity index (χ0v) is 37.8. The number of hydrogen-bond acceptors (Lipinski definition) is 5. The second-order valence-corrected chi connectivity index (χ2v) is 19.3. The van der Waals surface area contributed by atoms with Crippen LogP contribution >= 0.6 is 11.3 Å². The van der Waals surface area contributed by atoms with E-state index in [9.17, 15) is 0 Å². The van der Waals surface area contributed by atoms with Crippen molar-refractivity contribution in [1.29, 1.82) is 0 Å². The van der Waals surface area contributed by atoms with Crippen LogP contribution in [0, 0.1) is 0 Å². The molecule has 15 rings (SSSR count). The molecule has 10 aromatic carbocycles. The quantitative estimate of drug-likeness (QED) is 0.173. The summed E-state index contributed by atoms with van der Waals surface area (Å²) in [6.45, 7) is 0. The topological polar surface area (TPSA) is 51.8 Å². The Balaban J connectivity index is 0.879. The van der Waals surface area contributed by atoms with Crippen LogP contribution in [0.3, 0.4) is 0 Å². The van der Waals surface area contributed by atoms with Gasteiger partial charge in [-0.25, -0.2) is 15.0 Å². The molecule has 3 aromatic heterocycles. The third-order valence-corrected chi connectivity index (χ3v) is 15.7. The lowest BCUT2D eigenvalue weighted by Gasteiger charge is -2.30. The molecule has 3 heterocycles. The number of rotatable bonds is 5. The monoisotopic (exact) mass is 895 g/mol. The summed E-state index contributed by atoms with van der Waals surface area (Å²) in [7, 11) is 0. The maximum Gasteiger partial charge on any atom is 0.164 e. The lowest BCUT2D eigenvalue weighted by molar-refractivity contribution is 0.669. The van der Waals surface area contributed by atoms with E-state index in [0.717, 1.165) is 49.8 Å². The van der Waals surface area contributed by atoms with Gasteiger partial charge in [0, 0.05) is 47.6 Å². The Kier molecular flexibility index (Phi) is 8.12. The van der Waals surface area contributed by atoms with Gasteiger partial charge in [-0.2, -0.15) is 0 Å². The van der Waals surface area contributed by atoms with Crippen LogP contribution in [-0.2, 0) is 5.41 Å². The van der Waals surface area contributed by atoms with Gasteiger partial charge in [-0.1, -0.05) is 176 Å². The Morgan fingerprint density at radius 1 is 0.319 bits per heavy atom. The zero-order chi connectivity index (χ0) is 45.2. The number of thiophene rings is 1. The standard InChI is InChI=1S/C64H37N3OS/c1-2-15-38(16-3-1)61-65-62(42-32-34-58-49(37-42)46-21-7-11-30-57(46)69-58)67-63(66-61)48-24-14-29-56-60(48)50-36-40(31-33-55(50)68-56)39-17-12-18-41(35-39)43-23-13-28-54-59(43)47-22-6-10-27-53(47)64(54)51-25-8-4-19-44(51)45-20-5-9-26-52(45)64/h1-37H. The van der Waals surface area contributed by atoms with Crippen molar-refractivity contribution in [1.82, 2.24) is 15.0 Å². The van der Waals surface area contributed by atoms with Crippen LogP contribution in [-0.4, -0.2) is 15.0 Å². The smallest absolute Gasteiger partial charge is 0.164 e. The van der Waals surface area contributed by atoms with Gasteiger partial charge in [0.15, 0.2) is 17.5 Å². The summed E-state index contributed by atoms with van der Waals surface area (Å²) in [4.78, 5) is 15.6. The molecule has 0 bridgehead atoms. The predicted molar refractivity (Wildman–Crippen MR) is 283 cm³/mol. The Morgan fingerprint density at radius 3 is 1.70 bits per heavy atom. The fourth-order valence-electron chi connectivity index (χ4n) is 11.7. The minimum absolute atomic E-state index is 0.397. The molecule has 0 aliphatic heterocycles. The van der Waals surface area contributed by atoms with Crippen molar-refractivity contribution < 1.29 is 4.42 Å². The highest BCUT2D eigenvalue weighted by atomic mass is 32.1. The van der Waals surface area contributed by atoms with Crippen molar-refractivity contribution in [3.05, 3.63) is 247 Å². The van der Waals surface area contributed by atoms with Crippen LogP contribution in [0.5, 0.6) is 0 Å². The summed E-state index contributed by atoms with van der Waals surface area (Å²) in [5.41, 5.74) is 19.2. The Bertz CT molecular complexity index is 4230. The number of benzene rings is 10. The summed E-state index contributed by atoms with van der Waals surface area (Å²) in [5, 5.41) is 4.42. The van der Waals surface area contributed by atoms with E-state index in [-0.39, 0.29) is 0 Å². The highest BCUT2D eigenvalue weighted by Gasteiger charge is 2.52. The SMILES string of the molecule is c1ccc(-c2nc(-c3ccc4sc5ccccc5c4c3)nc(-c3cccc4oc5ccc(-c6cccc(-c7cccc8c7-c7ccccc7C87c8ccccc8-c8ccccc87)c6)cc5c34)n2)cc1. The summed E-state index contributed by atoms with van der Waals surface area (Å²) in [5.74, 6) is 1.84. The molecule has 0 unspecified atom stereocenters. The maximum absolute atomic E-state index is 6.62. The summed E-state index contributed by atoms with van der Waals surface area (Å²) in [6, 6.07) is 81.0.